The molecule has 1 aromatic carbocycles. The molecule has 0 aliphatic heterocycles. The van der Waals surface area contributed by atoms with E-state index in [-0.39, 0.29) is 18.4 Å². The summed E-state index contributed by atoms with van der Waals surface area (Å²) in [6.45, 7) is 0. The normalized spacial score (nSPS) is 11.4. The van der Waals surface area contributed by atoms with Crippen molar-refractivity contribution in [3.63, 3.8) is 0 Å². The van der Waals surface area contributed by atoms with Crippen LogP contribution in [-0.4, -0.2) is 34.1 Å². The number of nitrogens with one attached hydrogen (secondary N) is 2. The lowest BCUT2D eigenvalue weighted by atomic mass is 10.1. The molecule has 0 aromatic heterocycles. The molecule has 0 unspecified atom stereocenters. The lowest BCUT2D eigenvalue weighted by Gasteiger charge is -2.09. The molecule has 0 fully saturated rings. The lowest BCUT2D eigenvalue weighted by molar-refractivity contribution is -0.138. The van der Waals surface area contributed by atoms with Gasteiger partial charge in [-0.1, -0.05) is 0 Å². The Kier molecular flexibility index (Phi) is 5.48. The molecule has 8 heteroatoms. The van der Waals surface area contributed by atoms with Gasteiger partial charge in [0.25, 0.3) is 0 Å². The van der Waals surface area contributed by atoms with Gasteiger partial charge in [0.1, 0.15) is 6.04 Å². The Labute approximate surface area is 114 Å². The number of aliphatic carboxylic acids is 1. The number of amides is 1. The van der Waals surface area contributed by atoms with Crippen LogP contribution in [0.3, 0.4) is 0 Å². The van der Waals surface area contributed by atoms with E-state index in [0.717, 1.165) is 0 Å². The highest BCUT2D eigenvalue weighted by molar-refractivity contribution is 5.88. The minimum Gasteiger partial charge on any atom is -0.480 e. The maximum Gasteiger partial charge on any atom is 0.335 e. The summed E-state index contributed by atoms with van der Waals surface area (Å²) in [6, 6.07) is 4.68. The van der Waals surface area contributed by atoms with E-state index in [9.17, 15) is 14.4 Å². The summed E-state index contributed by atoms with van der Waals surface area (Å²) in [6.07, 6.45) is -0.00548. The summed E-state index contributed by atoms with van der Waals surface area (Å²) < 4.78 is 0. The number of rotatable bonds is 7. The van der Waals surface area contributed by atoms with Crippen LogP contribution in [0.15, 0.2) is 24.3 Å². The van der Waals surface area contributed by atoms with Gasteiger partial charge in [-0.3, -0.25) is 20.4 Å². The highest BCUT2D eigenvalue weighted by atomic mass is 16.4. The van der Waals surface area contributed by atoms with Crippen LogP contribution < -0.4 is 16.6 Å². The van der Waals surface area contributed by atoms with Crippen molar-refractivity contribution < 1.29 is 24.6 Å². The topological polar surface area (TPSA) is 142 Å². The Morgan fingerprint density at radius 2 is 1.75 bits per heavy atom. The number of nitrogens with two attached hydrogens (primary N) is 1. The van der Waals surface area contributed by atoms with Crippen molar-refractivity contribution in [2.75, 3.05) is 5.43 Å². The zero-order valence-corrected chi connectivity index (χ0v) is 10.5. The van der Waals surface area contributed by atoms with Crippen molar-refractivity contribution in [2.45, 2.75) is 18.9 Å². The highest BCUT2D eigenvalue weighted by Crippen LogP contribution is 2.08. The smallest absolute Gasteiger partial charge is 0.335 e. The molecule has 0 saturated heterocycles. The third kappa shape index (κ3) is 4.94. The second-order valence-corrected chi connectivity index (χ2v) is 4.04. The molecule has 1 atom stereocenters. The lowest BCUT2D eigenvalue weighted by Crippen LogP contribution is -2.34. The van der Waals surface area contributed by atoms with E-state index in [1.54, 1.807) is 0 Å². The monoisotopic (exact) mass is 281 g/mol. The maximum atomic E-state index is 11.4. The van der Waals surface area contributed by atoms with Crippen LogP contribution in [0.1, 0.15) is 23.2 Å². The molecule has 0 bridgehead atoms. The molecule has 0 saturated carbocycles. The number of carboxylic acids is 2. The standard InChI is InChI=1S/C12H15N3O5/c13-9(12(19)20)5-6-10(16)15-14-8-3-1-7(2-4-8)11(17)18/h1-4,9,14H,5-6,13H2,(H,15,16)(H,17,18)(H,19,20)/t9-/m0/s1. The third-order valence-corrected chi connectivity index (χ3v) is 2.48. The van der Waals surface area contributed by atoms with Crippen LogP contribution in [0.25, 0.3) is 0 Å². The maximum absolute atomic E-state index is 11.4. The van der Waals surface area contributed by atoms with Crippen molar-refractivity contribution >= 4 is 23.5 Å². The van der Waals surface area contributed by atoms with Crippen LogP contribution in [0.4, 0.5) is 5.69 Å². The van der Waals surface area contributed by atoms with E-state index >= 15 is 0 Å². The number of benzene rings is 1. The van der Waals surface area contributed by atoms with Crippen LogP contribution >= 0.6 is 0 Å². The Hall–Kier alpha value is -2.61. The molecule has 8 nitrogen and oxygen atoms in total. The molecule has 20 heavy (non-hydrogen) atoms. The van der Waals surface area contributed by atoms with Gasteiger partial charge in [-0.25, -0.2) is 4.79 Å². The Bertz CT molecular complexity index is 500. The summed E-state index contributed by atoms with van der Waals surface area (Å²) >= 11 is 0. The van der Waals surface area contributed by atoms with Gasteiger partial charge in [0, 0.05) is 6.42 Å². The zero-order chi connectivity index (χ0) is 15.1. The number of anilines is 1. The molecule has 1 aromatic rings. The van der Waals surface area contributed by atoms with Gasteiger partial charge in [-0.15, -0.1) is 0 Å². The Morgan fingerprint density at radius 3 is 2.25 bits per heavy atom. The van der Waals surface area contributed by atoms with E-state index in [2.05, 4.69) is 10.9 Å². The first-order valence-electron chi connectivity index (χ1n) is 5.76. The molecule has 6 N–H and O–H groups in total. The second kappa shape index (κ2) is 7.10. The number of aromatic carboxylic acids is 1. The van der Waals surface area contributed by atoms with E-state index in [4.69, 9.17) is 15.9 Å². The molecular weight excluding hydrogens is 266 g/mol. The largest absolute Gasteiger partial charge is 0.480 e. The average molecular weight is 281 g/mol. The van der Waals surface area contributed by atoms with Crippen molar-refractivity contribution in [1.82, 2.24) is 5.43 Å². The van der Waals surface area contributed by atoms with Gasteiger partial charge in [0.05, 0.1) is 11.3 Å². The Balaban J connectivity index is 2.37. The number of carboxylic acid groups (broad SMARTS) is 2. The fourth-order valence-electron chi connectivity index (χ4n) is 1.31. The average Bonchev–Trinajstić information content (AvgIpc) is 2.42. The quantitative estimate of drug-likeness (QED) is 0.443. The highest BCUT2D eigenvalue weighted by Gasteiger charge is 2.13. The van der Waals surface area contributed by atoms with Crippen molar-refractivity contribution in [1.29, 1.82) is 0 Å². The zero-order valence-electron chi connectivity index (χ0n) is 10.5. The SMILES string of the molecule is N[C@@H](CCC(=O)NNc1ccc(C(=O)O)cc1)C(=O)O. The van der Waals surface area contributed by atoms with Gasteiger partial charge >= 0.3 is 11.9 Å². The number of carbonyl (C=O) groups excluding carboxylic acids is 1. The predicted molar refractivity (Wildman–Crippen MR) is 70.0 cm³/mol. The van der Waals surface area contributed by atoms with E-state index in [1.807, 2.05) is 0 Å². The molecule has 0 radical (unpaired) electrons. The number of hydrogen-bond acceptors (Lipinski definition) is 5. The summed E-state index contributed by atoms with van der Waals surface area (Å²) in [5.41, 5.74) is 10.8. The second-order valence-electron chi connectivity index (χ2n) is 4.04. The molecule has 0 aliphatic carbocycles. The number of hydrazine groups is 1. The molecular formula is C12H15N3O5. The minimum absolute atomic E-state index is 0.0286. The van der Waals surface area contributed by atoms with Crippen LogP contribution in [-0.2, 0) is 9.59 Å². The minimum atomic E-state index is -1.16. The van der Waals surface area contributed by atoms with Gasteiger partial charge in [-0.05, 0) is 30.7 Å². The van der Waals surface area contributed by atoms with Gasteiger partial charge < -0.3 is 15.9 Å². The van der Waals surface area contributed by atoms with Crippen molar-refractivity contribution in [2.24, 2.45) is 5.73 Å². The first-order chi connectivity index (χ1) is 9.40. The van der Waals surface area contributed by atoms with E-state index < -0.39 is 23.9 Å². The van der Waals surface area contributed by atoms with E-state index in [0.29, 0.717) is 5.69 Å². The van der Waals surface area contributed by atoms with Gasteiger partial charge in [-0.2, -0.15) is 0 Å². The van der Waals surface area contributed by atoms with Crippen LogP contribution in [0.5, 0.6) is 0 Å². The summed E-state index contributed by atoms with van der Waals surface area (Å²) in [5, 5.41) is 17.3. The fourth-order valence-corrected chi connectivity index (χ4v) is 1.31. The summed E-state index contributed by atoms with van der Waals surface area (Å²) in [4.78, 5) is 32.5. The Morgan fingerprint density at radius 1 is 1.15 bits per heavy atom. The van der Waals surface area contributed by atoms with Crippen LogP contribution in [0, 0.1) is 0 Å². The molecule has 0 spiro atoms. The third-order valence-electron chi connectivity index (χ3n) is 2.48. The fraction of sp³-hybridized carbons (Fsp3) is 0.250. The number of hydrogen-bond donors (Lipinski definition) is 5. The first-order valence-corrected chi connectivity index (χ1v) is 5.76. The van der Waals surface area contributed by atoms with Crippen molar-refractivity contribution in [3.8, 4) is 0 Å². The summed E-state index contributed by atoms with van der Waals surface area (Å²) in [5.74, 6) is -2.61. The van der Waals surface area contributed by atoms with Crippen LogP contribution in [0.2, 0.25) is 0 Å². The molecule has 1 amide bonds. The molecule has 108 valence electrons. The van der Waals surface area contributed by atoms with Crippen molar-refractivity contribution in [3.05, 3.63) is 29.8 Å². The predicted octanol–water partition coefficient (Wildman–Crippen LogP) is 0.0200. The van der Waals surface area contributed by atoms with Gasteiger partial charge in [0.2, 0.25) is 5.91 Å². The molecule has 0 heterocycles. The van der Waals surface area contributed by atoms with Gasteiger partial charge in [0.15, 0.2) is 0 Å². The molecule has 1 rings (SSSR count). The van der Waals surface area contributed by atoms with E-state index in [1.165, 1.54) is 24.3 Å². The number of carbonyl (C=O) groups is 3. The molecule has 0 aliphatic rings. The summed E-state index contributed by atoms with van der Waals surface area (Å²) in [7, 11) is 0. The first kappa shape index (κ1) is 15.4.